The van der Waals surface area contributed by atoms with E-state index in [2.05, 4.69) is 16.6 Å². The van der Waals surface area contributed by atoms with Crippen LogP contribution < -0.4 is 5.32 Å². The summed E-state index contributed by atoms with van der Waals surface area (Å²) < 4.78 is 25.2. The van der Waals surface area contributed by atoms with Gasteiger partial charge in [0.15, 0.2) is 11.8 Å². The predicted molar refractivity (Wildman–Crippen MR) is 153 cm³/mol. The number of aromatic nitrogens is 2. The van der Waals surface area contributed by atoms with Crippen LogP contribution in [0.15, 0.2) is 42.6 Å². The Kier molecular flexibility index (Phi) is 10.5. The Hall–Kier alpha value is -2.81. The maximum atomic E-state index is 13.0. The fourth-order valence-corrected chi connectivity index (χ4v) is 5.32. The maximum absolute atomic E-state index is 13.0. The average Bonchev–Trinajstić information content (AvgIpc) is 3.24. The van der Waals surface area contributed by atoms with Gasteiger partial charge in [-0.15, -0.1) is 11.6 Å². The third kappa shape index (κ3) is 7.04. The first-order valence-electron chi connectivity index (χ1n) is 13.8. The van der Waals surface area contributed by atoms with Crippen LogP contribution in [0, 0.1) is 13.8 Å². The molecule has 0 radical (unpaired) electrons. The molecule has 4 atom stereocenters. The zero-order chi connectivity index (χ0) is 27.8. The van der Waals surface area contributed by atoms with Crippen LogP contribution in [-0.4, -0.2) is 54.0 Å². The molecule has 0 saturated heterocycles. The van der Waals surface area contributed by atoms with Crippen molar-refractivity contribution in [2.75, 3.05) is 32.2 Å². The molecule has 1 unspecified atom stereocenters. The zero-order valence-corrected chi connectivity index (χ0v) is 24.1. The van der Waals surface area contributed by atoms with Crippen LogP contribution in [0.1, 0.15) is 73.7 Å². The Morgan fingerprint density at radius 1 is 1.10 bits per heavy atom. The minimum atomic E-state index is -0.722. The fraction of sp³-hybridized carbons (Fsp3) is 0.533. The quantitative estimate of drug-likeness (QED) is 0.139. The van der Waals surface area contributed by atoms with E-state index in [1.165, 1.54) is 0 Å². The summed E-state index contributed by atoms with van der Waals surface area (Å²) in [5.74, 6) is 0. The number of fused-ring (bicyclic) bond motifs is 3. The van der Waals surface area contributed by atoms with Gasteiger partial charge in [0, 0.05) is 29.9 Å². The van der Waals surface area contributed by atoms with Gasteiger partial charge in [0.1, 0.15) is 6.10 Å². The highest BCUT2D eigenvalue weighted by molar-refractivity contribution is 6.20. The van der Waals surface area contributed by atoms with E-state index in [-0.39, 0.29) is 18.0 Å². The smallest absolute Gasteiger partial charge is 0.434 e. The normalized spacial score (nSPS) is 19.4. The second-order valence-corrected chi connectivity index (χ2v) is 10.6. The molecule has 4 rings (SSSR count). The number of hydrogen-bond donors (Lipinski definition) is 1. The van der Waals surface area contributed by atoms with E-state index in [9.17, 15) is 4.79 Å². The Labute approximate surface area is 235 Å². The number of carbonyl (C=O) groups excluding carboxylic acids is 1. The van der Waals surface area contributed by atoms with Gasteiger partial charge < -0.3 is 28.7 Å². The molecule has 9 heteroatoms. The topological polar surface area (TPSA) is 83.3 Å². The van der Waals surface area contributed by atoms with Gasteiger partial charge in [0.2, 0.25) is 0 Å². The van der Waals surface area contributed by atoms with Crippen LogP contribution in [0.4, 0.5) is 10.5 Å². The van der Waals surface area contributed by atoms with Crippen molar-refractivity contribution in [2.45, 2.75) is 76.5 Å². The number of rotatable bonds is 13. The molecule has 0 amide bonds. The summed E-state index contributed by atoms with van der Waals surface area (Å²) >= 11 is 6.38. The van der Waals surface area contributed by atoms with Crippen molar-refractivity contribution < 1.29 is 23.7 Å². The number of alkyl halides is 1. The molecule has 3 aromatic rings. The molecular formula is C30H40ClN3O5. The molecule has 0 bridgehead atoms. The van der Waals surface area contributed by atoms with E-state index in [4.69, 9.17) is 35.5 Å². The monoisotopic (exact) mass is 557 g/mol. The predicted octanol–water partition coefficient (Wildman–Crippen LogP) is 6.92. The first-order valence-corrected chi connectivity index (χ1v) is 14.3. The molecule has 1 N–H and O–H groups in total. The number of carbonyl (C=O) groups is 1. The number of hydrogen-bond acceptors (Lipinski definition) is 7. The Morgan fingerprint density at radius 2 is 1.87 bits per heavy atom. The number of nitrogens with zero attached hydrogens (tertiary/aromatic N) is 2. The summed E-state index contributed by atoms with van der Waals surface area (Å²) in [4.78, 5) is 17.8. The number of benzene rings is 1. The largest absolute Gasteiger partial charge is 0.508 e. The SMILES string of the molecule is CCCCC(Cl)CCCOC(=O)O[C@@H]1[C@@H](c2ccccc2)Nc2c(ccn3c(C)c(C)nc23)[C@H]1OCCOC. The second kappa shape index (κ2) is 14.0. The number of ether oxygens (including phenoxy) is 4. The molecule has 0 spiro atoms. The first kappa shape index (κ1) is 29.2. The number of halogens is 1. The van der Waals surface area contributed by atoms with Gasteiger partial charge in [0.25, 0.3) is 0 Å². The van der Waals surface area contributed by atoms with E-state index in [1.54, 1.807) is 7.11 Å². The number of aryl methyl sites for hydroxylation is 2. The molecule has 0 saturated carbocycles. The first-order chi connectivity index (χ1) is 18.9. The zero-order valence-electron chi connectivity index (χ0n) is 23.3. The molecule has 212 valence electrons. The van der Waals surface area contributed by atoms with E-state index in [0.717, 1.165) is 59.5 Å². The third-order valence-electron chi connectivity index (χ3n) is 7.26. The summed E-state index contributed by atoms with van der Waals surface area (Å²) in [7, 11) is 1.63. The minimum absolute atomic E-state index is 0.0939. The number of imidazole rings is 1. The molecule has 2 aromatic heterocycles. The lowest BCUT2D eigenvalue weighted by atomic mass is 9.88. The Morgan fingerprint density at radius 3 is 2.62 bits per heavy atom. The minimum Gasteiger partial charge on any atom is -0.434 e. The van der Waals surface area contributed by atoms with Gasteiger partial charge in [0.05, 0.1) is 37.2 Å². The summed E-state index contributed by atoms with van der Waals surface area (Å²) in [6.07, 6.45) is 4.68. The number of nitrogens with one attached hydrogen (secondary N) is 1. The molecule has 3 heterocycles. The van der Waals surface area contributed by atoms with Crippen molar-refractivity contribution in [1.29, 1.82) is 0 Å². The summed E-state index contributed by atoms with van der Waals surface area (Å²) in [5.41, 5.74) is 5.52. The molecule has 1 aliphatic heterocycles. The number of anilines is 1. The van der Waals surface area contributed by atoms with E-state index >= 15 is 0 Å². The number of pyridine rings is 1. The number of methoxy groups -OCH3 is 1. The van der Waals surface area contributed by atoms with Crippen molar-refractivity contribution in [3.05, 3.63) is 65.1 Å². The fourth-order valence-electron chi connectivity index (χ4n) is 5.01. The summed E-state index contributed by atoms with van der Waals surface area (Å²) in [6, 6.07) is 11.5. The Bertz CT molecular complexity index is 1220. The van der Waals surface area contributed by atoms with Gasteiger partial charge in [-0.3, -0.25) is 0 Å². The van der Waals surface area contributed by atoms with Crippen LogP contribution in [0.25, 0.3) is 5.65 Å². The highest BCUT2D eigenvalue weighted by Crippen LogP contribution is 2.44. The maximum Gasteiger partial charge on any atom is 0.508 e. The van der Waals surface area contributed by atoms with Crippen LogP contribution >= 0.6 is 11.6 Å². The molecule has 1 aromatic carbocycles. The van der Waals surface area contributed by atoms with Crippen LogP contribution in [-0.2, 0) is 18.9 Å². The third-order valence-corrected chi connectivity index (χ3v) is 7.70. The van der Waals surface area contributed by atoms with E-state index in [1.807, 2.05) is 56.4 Å². The van der Waals surface area contributed by atoms with Gasteiger partial charge in [-0.25, -0.2) is 9.78 Å². The van der Waals surface area contributed by atoms with E-state index < -0.39 is 18.4 Å². The highest BCUT2D eigenvalue weighted by atomic mass is 35.5. The van der Waals surface area contributed by atoms with E-state index in [0.29, 0.717) is 19.6 Å². The van der Waals surface area contributed by atoms with Gasteiger partial charge in [-0.2, -0.15) is 0 Å². The molecule has 0 aliphatic carbocycles. The Balaban J connectivity index is 1.60. The molecular weight excluding hydrogens is 518 g/mol. The number of unbranched alkanes of at least 4 members (excludes halogenated alkanes) is 1. The van der Waals surface area contributed by atoms with Gasteiger partial charge >= 0.3 is 6.16 Å². The van der Waals surface area contributed by atoms with Gasteiger partial charge in [-0.05, 0) is 44.7 Å². The van der Waals surface area contributed by atoms with Crippen LogP contribution in [0.2, 0.25) is 0 Å². The lowest BCUT2D eigenvalue weighted by molar-refractivity contribution is -0.0835. The summed E-state index contributed by atoms with van der Waals surface area (Å²) in [6.45, 7) is 7.19. The van der Waals surface area contributed by atoms with Crippen molar-refractivity contribution in [1.82, 2.24) is 9.38 Å². The molecule has 39 heavy (non-hydrogen) atoms. The lowest BCUT2D eigenvalue weighted by Gasteiger charge is -2.39. The van der Waals surface area contributed by atoms with Crippen molar-refractivity contribution in [2.24, 2.45) is 0 Å². The van der Waals surface area contributed by atoms with Crippen molar-refractivity contribution in [3.63, 3.8) is 0 Å². The van der Waals surface area contributed by atoms with Crippen molar-refractivity contribution >= 4 is 29.1 Å². The van der Waals surface area contributed by atoms with Gasteiger partial charge in [-0.1, -0.05) is 50.1 Å². The average molecular weight is 558 g/mol. The molecule has 8 nitrogen and oxygen atoms in total. The standard InChI is InChI=1S/C30H40ClN3O5/c1-5-6-13-23(31)14-10-17-38-30(35)39-28-25(22-11-8-7-9-12-22)33-26-24(27(28)37-19-18-36-4)15-16-34-21(3)20(2)32-29(26)34/h7-9,11-12,15-16,23,25,27-28,33H,5-6,10,13-14,17-19H2,1-4H3/t23?,25-,27-,28-/m1/s1. The second-order valence-electron chi connectivity index (χ2n) is 10.0. The van der Waals surface area contributed by atoms with Crippen molar-refractivity contribution in [3.8, 4) is 0 Å². The summed E-state index contributed by atoms with van der Waals surface area (Å²) in [5, 5.41) is 3.72. The lowest BCUT2D eigenvalue weighted by Crippen LogP contribution is -2.41. The highest BCUT2D eigenvalue weighted by Gasteiger charge is 2.42. The molecule has 1 aliphatic rings. The molecule has 0 fully saturated rings. The van der Waals surface area contributed by atoms with Crippen LogP contribution in [0.3, 0.4) is 0 Å². The van der Waals surface area contributed by atoms with Crippen LogP contribution in [0.5, 0.6) is 0 Å².